The molecule has 2 aliphatic heterocycles. The molecule has 7 heteroatoms. The van der Waals surface area contributed by atoms with Crippen molar-refractivity contribution in [2.24, 2.45) is 0 Å². The van der Waals surface area contributed by atoms with Crippen molar-refractivity contribution in [3.8, 4) is 5.75 Å². The minimum atomic E-state index is -0.148. The quantitative estimate of drug-likeness (QED) is 0.834. The van der Waals surface area contributed by atoms with Crippen molar-refractivity contribution in [3.05, 3.63) is 41.5 Å². The number of piperidine rings is 1. The first-order chi connectivity index (χ1) is 13.2. The molecule has 2 fully saturated rings. The van der Waals surface area contributed by atoms with E-state index in [9.17, 15) is 0 Å². The molecule has 27 heavy (non-hydrogen) atoms. The predicted octanol–water partition coefficient (Wildman–Crippen LogP) is 2.32. The Labute approximate surface area is 160 Å². The molecular weight excluding hydrogens is 344 g/mol. The first kappa shape index (κ1) is 18.4. The molecule has 1 N–H and O–H groups in total. The molecule has 1 aromatic carbocycles. The van der Waals surface area contributed by atoms with E-state index in [1.165, 1.54) is 0 Å². The van der Waals surface area contributed by atoms with E-state index < -0.39 is 0 Å². The van der Waals surface area contributed by atoms with Gasteiger partial charge >= 0.3 is 0 Å². The number of nitrogens with zero attached hydrogens (tertiary/aromatic N) is 3. The number of aromatic nitrogens is 2. The normalized spacial score (nSPS) is 22.8. The Kier molecular flexibility index (Phi) is 5.71. The number of aryl methyl sites for hydroxylation is 1. The minimum absolute atomic E-state index is 0.148. The topological polar surface area (TPSA) is 72.7 Å². The van der Waals surface area contributed by atoms with E-state index in [4.69, 9.17) is 14.0 Å². The maximum absolute atomic E-state index is 5.58. The summed E-state index contributed by atoms with van der Waals surface area (Å²) in [6.07, 6.45) is 3.35. The number of rotatable bonds is 6. The van der Waals surface area contributed by atoms with Crippen LogP contribution in [-0.4, -0.2) is 60.5 Å². The van der Waals surface area contributed by atoms with Gasteiger partial charge < -0.3 is 19.3 Å². The molecule has 0 amide bonds. The van der Waals surface area contributed by atoms with Crippen LogP contribution in [-0.2, 0) is 4.74 Å². The van der Waals surface area contributed by atoms with E-state index in [0.717, 1.165) is 56.9 Å². The third kappa shape index (κ3) is 4.15. The molecule has 0 radical (unpaired) electrons. The van der Waals surface area contributed by atoms with Crippen molar-refractivity contribution < 1.29 is 14.0 Å². The highest BCUT2D eigenvalue weighted by Gasteiger charge is 2.31. The molecule has 2 atom stereocenters. The van der Waals surface area contributed by atoms with E-state index in [1.54, 1.807) is 7.11 Å². The summed E-state index contributed by atoms with van der Waals surface area (Å²) in [5.74, 6) is 2.06. The van der Waals surface area contributed by atoms with Crippen LogP contribution >= 0.6 is 0 Å². The lowest BCUT2D eigenvalue weighted by Crippen LogP contribution is -2.47. The van der Waals surface area contributed by atoms with Crippen LogP contribution < -0.4 is 10.1 Å². The summed E-state index contributed by atoms with van der Waals surface area (Å²) in [5.41, 5.74) is 1.03. The molecular formula is C20H28N4O3. The van der Waals surface area contributed by atoms with E-state index in [-0.39, 0.29) is 6.04 Å². The molecule has 0 bridgehead atoms. The largest absolute Gasteiger partial charge is 0.496 e. The number of hydrogen-bond donors (Lipinski definition) is 1. The molecule has 0 saturated carbocycles. The van der Waals surface area contributed by atoms with Crippen molar-refractivity contribution in [2.45, 2.75) is 44.3 Å². The Hall–Kier alpha value is -1.96. The minimum Gasteiger partial charge on any atom is -0.496 e. The highest BCUT2D eigenvalue weighted by atomic mass is 16.5. The van der Waals surface area contributed by atoms with Crippen LogP contribution in [0.15, 0.2) is 28.8 Å². The van der Waals surface area contributed by atoms with Crippen LogP contribution in [0, 0.1) is 6.92 Å². The molecule has 4 rings (SSSR count). The molecule has 2 saturated heterocycles. The fourth-order valence-electron chi connectivity index (χ4n) is 4.12. The van der Waals surface area contributed by atoms with E-state index >= 15 is 0 Å². The zero-order valence-corrected chi connectivity index (χ0v) is 16.1. The maximum Gasteiger partial charge on any atom is 0.223 e. The molecule has 1 aromatic heterocycles. The van der Waals surface area contributed by atoms with Gasteiger partial charge in [-0.2, -0.15) is 4.98 Å². The average Bonchev–Trinajstić information content (AvgIpc) is 3.39. The number of hydrogen-bond acceptors (Lipinski definition) is 7. The zero-order chi connectivity index (χ0) is 18.6. The summed E-state index contributed by atoms with van der Waals surface area (Å²) in [7, 11) is 1.69. The van der Waals surface area contributed by atoms with Crippen LogP contribution in [0.25, 0.3) is 0 Å². The Morgan fingerprint density at radius 2 is 2.04 bits per heavy atom. The van der Waals surface area contributed by atoms with Crippen molar-refractivity contribution in [2.75, 3.05) is 33.4 Å². The number of methoxy groups -OCH3 is 1. The first-order valence-corrected chi connectivity index (χ1v) is 9.75. The average molecular weight is 372 g/mol. The van der Waals surface area contributed by atoms with Crippen LogP contribution in [0.4, 0.5) is 0 Å². The second kappa shape index (κ2) is 8.37. The molecule has 146 valence electrons. The third-order valence-corrected chi connectivity index (χ3v) is 5.61. The summed E-state index contributed by atoms with van der Waals surface area (Å²) in [5, 5.41) is 7.95. The lowest BCUT2D eigenvalue weighted by molar-refractivity contribution is 0.115. The molecule has 2 aromatic rings. The fraction of sp³-hybridized carbons (Fsp3) is 0.600. The van der Waals surface area contributed by atoms with Gasteiger partial charge in [0, 0.05) is 44.3 Å². The third-order valence-electron chi connectivity index (χ3n) is 5.61. The van der Waals surface area contributed by atoms with Gasteiger partial charge in [0.2, 0.25) is 5.89 Å². The van der Waals surface area contributed by atoms with Gasteiger partial charge in [0.25, 0.3) is 0 Å². The predicted molar refractivity (Wildman–Crippen MR) is 101 cm³/mol. The van der Waals surface area contributed by atoms with Crippen LogP contribution in [0.3, 0.4) is 0 Å². The smallest absolute Gasteiger partial charge is 0.223 e. The lowest BCUT2D eigenvalue weighted by Gasteiger charge is -2.37. The van der Waals surface area contributed by atoms with Gasteiger partial charge in [0.05, 0.1) is 13.7 Å². The maximum atomic E-state index is 5.58. The highest BCUT2D eigenvalue weighted by molar-refractivity contribution is 5.38. The molecule has 7 nitrogen and oxygen atoms in total. The van der Waals surface area contributed by atoms with Gasteiger partial charge in [-0.3, -0.25) is 4.90 Å². The number of likely N-dealkylation sites (tertiary alicyclic amines) is 1. The Morgan fingerprint density at radius 3 is 2.70 bits per heavy atom. The fourth-order valence-corrected chi connectivity index (χ4v) is 4.12. The zero-order valence-electron chi connectivity index (χ0n) is 16.1. The van der Waals surface area contributed by atoms with E-state index in [0.29, 0.717) is 23.8 Å². The van der Waals surface area contributed by atoms with Crippen molar-refractivity contribution >= 4 is 0 Å². The Balaban J connectivity index is 1.48. The summed E-state index contributed by atoms with van der Waals surface area (Å²) in [6.45, 7) is 5.78. The second-order valence-electron chi connectivity index (χ2n) is 7.34. The van der Waals surface area contributed by atoms with Crippen LogP contribution in [0.2, 0.25) is 0 Å². The molecule has 2 unspecified atom stereocenters. The Bertz CT molecular complexity index is 736. The molecule has 0 aliphatic carbocycles. The van der Waals surface area contributed by atoms with Gasteiger partial charge in [-0.05, 0) is 25.3 Å². The summed E-state index contributed by atoms with van der Waals surface area (Å²) in [6, 6.07) is 8.87. The molecule has 2 aliphatic rings. The number of ether oxygens (including phenoxy) is 2. The molecule has 0 spiro atoms. The summed E-state index contributed by atoms with van der Waals surface area (Å²) in [4.78, 5) is 7.05. The summed E-state index contributed by atoms with van der Waals surface area (Å²) >= 11 is 0. The monoisotopic (exact) mass is 372 g/mol. The molecule has 3 heterocycles. The van der Waals surface area contributed by atoms with E-state index in [2.05, 4.69) is 26.4 Å². The number of para-hydroxylation sites is 1. The van der Waals surface area contributed by atoms with Crippen molar-refractivity contribution in [3.63, 3.8) is 0 Å². The highest BCUT2D eigenvalue weighted by Crippen LogP contribution is 2.30. The van der Waals surface area contributed by atoms with Crippen molar-refractivity contribution in [1.29, 1.82) is 0 Å². The second-order valence-corrected chi connectivity index (χ2v) is 7.34. The number of benzene rings is 1. The standard InChI is InChI=1S/C20H28N4O3/c1-14-21-20(23-27-14)19(17-5-3-4-6-18(17)25-2)22-15-7-10-24(11-8-15)16-9-12-26-13-16/h3-6,15-16,19,22H,7-13H2,1-2H3. The van der Waals surface area contributed by atoms with Gasteiger partial charge in [-0.15, -0.1) is 0 Å². The first-order valence-electron chi connectivity index (χ1n) is 9.75. The van der Waals surface area contributed by atoms with Crippen molar-refractivity contribution in [1.82, 2.24) is 20.4 Å². The Morgan fingerprint density at radius 1 is 1.22 bits per heavy atom. The van der Waals surface area contributed by atoms with Crippen LogP contribution in [0.5, 0.6) is 5.75 Å². The van der Waals surface area contributed by atoms with Gasteiger partial charge in [-0.1, -0.05) is 23.4 Å². The van der Waals surface area contributed by atoms with Gasteiger partial charge in [-0.25, -0.2) is 0 Å². The number of nitrogens with one attached hydrogen (secondary N) is 1. The SMILES string of the molecule is COc1ccccc1C(NC1CCN(C2CCOC2)CC1)c1noc(C)n1. The van der Waals surface area contributed by atoms with Gasteiger partial charge in [0.1, 0.15) is 11.8 Å². The van der Waals surface area contributed by atoms with Crippen LogP contribution in [0.1, 0.15) is 42.6 Å². The lowest BCUT2D eigenvalue weighted by atomic mass is 9.98. The summed E-state index contributed by atoms with van der Waals surface area (Å²) < 4.78 is 16.4. The van der Waals surface area contributed by atoms with Gasteiger partial charge in [0.15, 0.2) is 5.82 Å². The van der Waals surface area contributed by atoms with E-state index in [1.807, 2.05) is 25.1 Å².